The first kappa shape index (κ1) is 17.5. The van der Waals surface area contributed by atoms with Gasteiger partial charge in [0.05, 0.1) is 15.6 Å². The van der Waals surface area contributed by atoms with Crippen LogP contribution in [0.15, 0.2) is 41.3 Å². The predicted molar refractivity (Wildman–Crippen MR) is 88.0 cm³/mol. The lowest BCUT2D eigenvalue weighted by atomic mass is 10.2. The second kappa shape index (κ2) is 6.71. The molecule has 7 nitrogen and oxygen atoms in total. The average Bonchev–Trinajstić information content (AvgIpc) is 2.44. The van der Waals surface area contributed by atoms with Crippen LogP contribution in [0.5, 0.6) is 0 Å². The number of sulfonamides is 1. The number of hydrogen-bond acceptors (Lipinski definition) is 5. The third kappa shape index (κ3) is 4.11. The zero-order chi connectivity index (χ0) is 17.2. The number of nitro benzene ring substituents is 1. The molecule has 0 radical (unpaired) electrons. The van der Waals surface area contributed by atoms with Crippen LogP contribution in [0, 0.1) is 10.1 Å². The van der Waals surface area contributed by atoms with E-state index in [-0.39, 0.29) is 32.9 Å². The third-order valence-electron chi connectivity index (χ3n) is 2.89. The highest BCUT2D eigenvalue weighted by Crippen LogP contribution is 2.31. The van der Waals surface area contributed by atoms with Crippen molar-refractivity contribution in [2.24, 2.45) is 0 Å². The molecule has 0 aliphatic carbocycles. The molecule has 0 aromatic heterocycles. The van der Waals surface area contributed by atoms with Crippen molar-refractivity contribution in [3.63, 3.8) is 0 Å². The van der Waals surface area contributed by atoms with E-state index in [1.165, 1.54) is 30.3 Å². The molecule has 0 aliphatic heterocycles. The summed E-state index contributed by atoms with van der Waals surface area (Å²) in [6.07, 6.45) is 0. The summed E-state index contributed by atoms with van der Waals surface area (Å²) in [7, 11) is -4.01. The van der Waals surface area contributed by atoms with Gasteiger partial charge in [0.2, 0.25) is 10.0 Å². The second-order valence-corrected chi connectivity index (χ2v) is 7.10. The van der Waals surface area contributed by atoms with E-state index in [1.54, 1.807) is 6.07 Å². The molecule has 23 heavy (non-hydrogen) atoms. The van der Waals surface area contributed by atoms with E-state index in [1.807, 2.05) is 0 Å². The normalized spacial score (nSPS) is 11.4. The van der Waals surface area contributed by atoms with Gasteiger partial charge in [0.1, 0.15) is 4.90 Å². The van der Waals surface area contributed by atoms with Gasteiger partial charge in [-0.15, -0.1) is 0 Å². The molecule has 122 valence electrons. The molecule has 3 N–H and O–H groups in total. The molecule has 0 unspecified atom stereocenters. The van der Waals surface area contributed by atoms with Crippen LogP contribution in [0.3, 0.4) is 0 Å². The number of halogens is 2. The Bertz CT molecular complexity index is 848. The molecule has 0 heterocycles. The lowest BCUT2D eigenvalue weighted by molar-refractivity contribution is -0.384. The van der Waals surface area contributed by atoms with Crippen LogP contribution >= 0.6 is 23.2 Å². The van der Waals surface area contributed by atoms with Crippen molar-refractivity contribution >= 4 is 44.6 Å². The molecule has 0 spiro atoms. The van der Waals surface area contributed by atoms with Gasteiger partial charge >= 0.3 is 0 Å². The number of benzene rings is 2. The van der Waals surface area contributed by atoms with Crippen LogP contribution in [-0.2, 0) is 16.6 Å². The smallest absolute Gasteiger partial charge is 0.269 e. The van der Waals surface area contributed by atoms with Crippen LogP contribution in [0.2, 0.25) is 10.0 Å². The van der Waals surface area contributed by atoms with Crippen molar-refractivity contribution in [2.45, 2.75) is 11.4 Å². The quantitative estimate of drug-likeness (QED) is 0.473. The van der Waals surface area contributed by atoms with Gasteiger partial charge in [0.25, 0.3) is 5.69 Å². The molecule has 2 aromatic carbocycles. The number of rotatable bonds is 5. The summed E-state index contributed by atoms with van der Waals surface area (Å²) in [6, 6.07) is 8.14. The van der Waals surface area contributed by atoms with Gasteiger partial charge in [-0.3, -0.25) is 10.1 Å². The Kier molecular flexibility index (Phi) is 5.10. The first-order valence-electron chi connectivity index (χ1n) is 6.18. The van der Waals surface area contributed by atoms with Crippen molar-refractivity contribution in [1.82, 2.24) is 4.72 Å². The Balaban J connectivity index is 2.26. The monoisotopic (exact) mass is 375 g/mol. The van der Waals surface area contributed by atoms with Crippen LogP contribution in [0.25, 0.3) is 0 Å². The lowest BCUT2D eigenvalue weighted by Crippen LogP contribution is -2.24. The molecular weight excluding hydrogens is 365 g/mol. The first-order valence-corrected chi connectivity index (χ1v) is 8.42. The zero-order valence-corrected chi connectivity index (χ0v) is 13.8. The summed E-state index contributed by atoms with van der Waals surface area (Å²) in [5.74, 6) is 0. The SMILES string of the molecule is Nc1cc(Cl)cc(Cl)c1S(=O)(=O)NCc1cccc([N+](=O)[O-])c1. The molecular formula is C13H11Cl2N3O4S. The number of hydrogen-bond donors (Lipinski definition) is 2. The minimum Gasteiger partial charge on any atom is -0.398 e. The molecule has 0 fully saturated rings. The van der Waals surface area contributed by atoms with Crippen LogP contribution in [0.1, 0.15) is 5.56 Å². The van der Waals surface area contributed by atoms with Crippen molar-refractivity contribution in [3.05, 3.63) is 62.1 Å². The number of nitro groups is 1. The highest BCUT2D eigenvalue weighted by atomic mass is 35.5. The lowest BCUT2D eigenvalue weighted by Gasteiger charge is -2.11. The van der Waals surface area contributed by atoms with E-state index in [4.69, 9.17) is 28.9 Å². The number of anilines is 1. The van der Waals surface area contributed by atoms with Crippen molar-refractivity contribution in [3.8, 4) is 0 Å². The van der Waals surface area contributed by atoms with Gasteiger partial charge < -0.3 is 5.73 Å². The van der Waals surface area contributed by atoms with Crippen LogP contribution in [0.4, 0.5) is 11.4 Å². The second-order valence-electron chi connectivity index (χ2n) is 4.56. The molecule has 2 aromatic rings. The molecule has 2 rings (SSSR count). The van der Waals surface area contributed by atoms with E-state index in [0.29, 0.717) is 5.56 Å². The fourth-order valence-electron chi connectivity index (χ4n) is 1.89. The molecule has 0 saturated carbocycles. The molecule has 0 bridgehead atoms. The fourth-order valence-corrected chi connectivity index (χ4v) is 3.89. The van der Waals surface area contributed by atoms with Crippen LogP contribution in [-0.4, -0.2) is 13.3 Å². The van der Waals surface area contributed by atoms with Crippen molar-refractivity contribution in [2.75, 3.05) is 5.73 Å². The maximum atomic E-state index is 12.3. The number of nitrogens with zero attached hydrogens (tertiary/aromatic N) is 1. The van der Waals surface area contributed by atoms with Crippen molar-refractivity contribution < 1.29 is 13.3 Å². The average molecular weight is 376 g/mol. The summed E-state index contributed by atoms with van der Waals surface area (Å²) < 4.78 is 27.0. The van der Waals surface area contributed by atoms with E-state index < -0.39 is 14.9 Å². The van der Waals surface area contributed by atoms with Gasteiger partial charge in [-0.1, -0.05) is 35.3 Å². The molecule has 0 saturated heterocycles. The minimum absolute atomic E-state index is 0.0888. The summed E-state index contributed by atoms with van der Waals surface area (Å²) in [6.45, 7) is -0.150. The van der Waals surface area contributed by atoms with Gasteiger partial charge in [-0.05, 0) is 17.7 Å². The Hall–Kier alpha value is -1.87. The Labute approximate surface area is 142 Å². The summed E-state index contributed by atoms with van der Waals surface area (Å²) in [4.78, 5) is 9.87. The van der Waals surface area contributed by atoms with Gasteiger partial charge in [-0.25, -0.2) is 13.1 Å². The highest BCUT2D eigenvalue weighted by molar-refractivity contribution is 7.89. The van der Waals surface area contributed by atoms with Gasteiger partial charge in [0, 0.05) is 23.7 Å². The molecule has 10 heteroatoms. The minimum atomic E-state index is -4.01. The first-order chi connectivity index (χ1) is 10.7. The predicted octanol–water partition coefficient (Wildman–Crippen LogP) is 2.96. The van der Waals surface area contributed by atoms with E-state index >= 15 is 0 Å². The number of nitrogen functional groups attached to an aromatic ring is 1. The molecule has 0 atom stereocenters. The van der Waals surface area contributed by atoms with E-state index in [0.717, 1.165) is 0 Å². The maximum Gasteiger partial charge on any atom is 0.269 e. The highest BCUT2D eigenvalue weighted by Gasteiger charge is 2.22. The summed E-state index contributed by atoms with van der Waals surface area (Å²) >= 11 is 11.6. The maximum absolute atomic E-state index is 12.3. The fraction of sp³-hybridized carbons (Fsp3) is 0.0769. The van der Waals surface area contributed by atoms with Gasteiger partial charge in [-0.2, -0.15) is 0 Å². The van der Waals surface area contributed by atoms with Gasteiger partial charge in [0.15, 0.2) is 0 Å². The van der Waals surface area contributed by atoms with Crippen molar-refractivity contribution in [1.29, 1.82) is 0 Å². The zero-order valence-electron chi connectivity index (χ0n) is 11.5. The standard InChI is InChI=1S/C13H11Cl2N3O4S/c14-9-5-11(15)13(12(16)6-9)23(21,22)17-7-8-2-1-3-10(4-8)18(19)20/h1-6,17H,7,16H2. The largest absolute Gasteiger partial charge is 0.398 e. The van der Waals surface area contributed by atoms with E-state index in [2.05, 4.69) is 4.72 Å². The van der Waals surface area contributed by atoms with Crippen LogP contribution < -0.4 is 10.5 Å². The summed E-state index contributed by atoms with van der Waals surface area (Å²) in [5, 5.41) is 10.8. The number of non-ortho nitro benzene ring substituents is 1. The Morgan fingerprint density at radius 2 is 1.91 bits per heavy atom. The molecule has 0 aliphatic rings. The third-order valence-corrected chi connectivity index (χ3v) is 5.04. The topological polar surface area (TPSA) is 115 Å². The number of nitrogens with two attached hydrogens (primary N) is 1. The Morgan fingerprint density at radius 3 is 2.52 bits per heavy atom. The molecule has 0 amide bonds. The number of nitrogens with one attached hydrogen (secondary N) is 1. The van der Waals surface area contributed by atoms with E-state index in [9.17, 15) is 18.5 Å². The summed E-state index contributed by atoms with van der Waals surface area (Å²) in [5.41, 5.74) is 5.86. The Morgan fingerprint density at radius 1 is 1.22 bits per heavy atom.